The number of ether oxygens (including phenoxy) is 2. The van der Waals surface area contributed by atoms with Gasteiger partial charge in [-0.2, -0.15) is 0 Å². The Labute approximate surface area is 167 Å². The summed E-state index contributed by atoms with van der Waals surface area (Å²) in [4.78, 5) is 14.9. The van der Waals surface area contributed by atoms with Gasteiger partial charge in [-0.25, -0.2) is 0 Å². The number of ketones is 1. The molecule has 140 valence electrons. The normalized spacial score (nSPS) is 20.0. The molecule has 2 aliphatic rings. The maximum absolute atomic E-state index is 12.8. The number of hydrogen-bond donors (Lipinski definition) is 1. The lowest BCUT2D eigenvalue weighted by atomic mass is 9.84. The molecule has 3 rings (SSSR count). The highest BCUT2D eigenvalue weighted by atomic mass is 79.9. The Morgan fingerprint density at radius 2 is 2.08 bits per heavy atom. The van der Waals surface area contributed by atoms with Crippen LogP contribution in [0.25, 0.3) is 0 Å². The number of Topliss-reactive ketones (excluding diaryl/α,β-unsaturated/α-hetero) is 1. The number of allylic oxidation sites excluding steroid dienone is 1. The molecule has 1 heterocycles. The SMILES string of the molecule is CCCN1C(=S)NC(c2ccc(OC)c(OC)c2Br)C2=C1CCCC2=O. The molecule has 7 heteroatoms. The molecule has 0 spiro atoms. The molecule has 1 aromatic rings. The van der Waals surface area contributed by atoms with Crippen molar-refractivity contribution >= 4 is 39.0 Å². The molecule has 1 atom stereocenters. The van der Waals surface area contributed by atoms with Gasteiger partial charge in [0.2, 0.25) is 0 Å². The first kappa shape index (κ1) is 19.2. The second kappa shape index (κ2) is 7.96. The molecule has 5 nitrogen and oxygen atoms in total. The molecule has 0 bridgehead atoms. The lowest BCUT2D eigenvalue weighted by Gasteiger charge is -2.41. The molecule has 0 saturated carbocycles. The van der Waals surface area contributed by atoms with E-state index in [1.54, 1.807) is 14.2 Å². The number of hydrogen-bond acceptors (Lipinski definition) is 4. The lowest BCUT2D eigenvalue weighted by Crippen LogP contribution is -2.49. The Morgan fingerprint density at radius 3 is 2.73 bits per heavy atom. The molecule has 0 radical (unpaired) electrons. The van der Waals surface area contributed by atoms with Gasteiger partial charge in [-0.1, -0.05) is 13.0 Å². The number of halogens is 1. The molecule has 0 amide bonds. The minimum Gasteiger partial charge on any atom is -0.493 e. The predicted octanol–water partition coefficient (Wildman–Crippen LogP) is 4.11. The van der Waals surface area contributed by atoms with Crippen molar-refractivity contribution in [1.29, 1.82) is 0 Å². The Kier molecular flexibility index (Phi) is 5.87. The van der Waals surface area contributed by atoms with Gasteiger partial charge in [0, 0.05) is 24.2 Å². The van der Waals surface area contributed by atoms with Gasteiger partial charge in [-0.15, -0.1) is 0 Å². The number of carbonyl (C=O) groups excluding carboxylic acids is 1. The lowest BCUT2D eigenvalue weighted by molar-refractivity contribution is -0.116. The van der Waals surface area contributed by atoms with Crippen molar-refractivity contribution in [2.24, 2.45) is 0 Å². The molecule has 0 fully saturated rings. The van der Waals surface area contributed by atoms with Crippen molar-refractivity contribution in [3.63, 3.8) is 0 Å². The monoisotopic (exact) mass is 438 g/mol. The quantitative estimate of drug-likeness (QED) is 0.697. The first-order chi connectivity index (χ1) is 12.5. The standard InChI is InChI=1S/C19H23BrN2O3S/c1-4-10-22-12-6-5-7-13(23)15(12)17(21-19(22)26)11-8-9-14(24-2)18(25-3)16(11)20/h8-9,17H,4-7,10H2,1-3H3,(H,21,26). The van der Waals surface area contributed by atoms with Gasteiger partial charge in [0.1, 0.15) is 0 Å². The summed E-state index contributed by atoms with van der Waals surface area (Å²) in [5.74, 6) is 1.44. The molecule has 1 unspecified atom stereocenters. The third kappa shape index (κ3) is 3.22. The smallest absolute Gasteiger partial charge is 0.175 e. The molecule has 0 saturated heterocycles. The van der Waals surface area contributed by atoms with Crippen LogP contribution in [0.2, 0.25) is 0 Å². The van der Waals surface area contributed by atoms with Crippen molar-refractivity contribution in [2.75, 3.05) is 20.8 Å². The summed E-state index contributed by atoms with van der Waals surface area (Å²) in [6.45, 7) is 2.93. The van der Waals surface area contributed by atoms with E-state index in [1.165, 1.54) is 0 Å². The summed E-state index contributed by atoms with van der Waals surface area (Å²) in [5.41, 5.74) is 2.81. The molecular weight excluding hydrogens is 416 g/mol. The second-order valence-electron chi connectivity index (χ2n) is 6.38. The van der Waals surface area contributed by atoms with E-state index in [1.807, 2.05) is 12.1 Å². The number of rotatable bonds is 5. The zero-order chi connectivity index (χ0) is 18.8. The van der Waals surface area contributed by atoms with Crippen LogP contribution in [-0.2, 0) is 4.79 Å². The fourth-order valence-corrected chi connectivity index (χ4v) is 4.71. The van der Waals surface area contributed by atoms with Crippen LogP contribution in [0.5, 0.6) is 11.5 Å². The van der Waals surface area contributed by atoms with Gasteiger partial charge in [0.05, 0.1) is 24.7 Å². The predicted molar refractivity (Wildman–Crippen MR) is 109 cm³/mol. The molecular formula is C19H23BrN2O3S. The van der Waals surface area contributed by atoms with E-state index in [9.17, 15) is 4.79 Å². The largest absolute Gasteiger partial charge is 0.493 e. The second-order valence-corrected chi connectivity index (χ2v) is 7.56. The van der Waals surface area contributed by atoms with Crippen LogP contribution < -0.4 is 14.8 Å². The highest BCUT2D eigenvalue weighted by Crippen LogP contribution is 2.44. The fraction of sp³-hybridized carbons (Fsp3) is 0.474. The molecule has 0 aromatic heterocycles. The van der Waals surface area contributed by atoms with Gasteiger partial charge >= 0.3 is 0 Å². The van der Waals surface area contributed by atoms with Crippen LogP contribution in [0.3, 0.4) is 0 Å². The van der Waals surface area contributed by atoms with Gasteiger partial charge in [-0.3, -0.25) is 4.79 Å². The summed E-state index contributed by atoms with van der Waals surface area (Å²) in [7, 11) is 3.20. The van der Waals surface area contributed by atoms with E-state index in [0.29, 0.717) is 23.0 Å². The van der Waals surface area contributed by atoms with E-state index in [4.69, 9.17) is 21.7 Å². The van der Waals surface area contributed by atoms with Crippen LogP contribution in [-0.4, -0.2) is 36.6 Å². The molecule has 1 aromatic carbocycles. The molecule has 1 aliphatic heterocycles. The van der Waals surface area contributed by atoms with Crippen molar-refractivity contribution in [2.45, 2.75) is 38.6 Å². The fourth-order valence-electron chi connectivity index (χ4n) is 3.67. The van der Waals surface area contributed by atoms with Crippen LogP contribution in [0.15, 0.2) is 27.9 Å². The van der Waals surface area contributed by atoms with E-state index < -0.39 is 0 Å². The summed E-state index contributed by atoms with van der Waals surface area (Å²) in [5, 5.41) is 4.05. The average Bonchev–Trinajstić information content (AvgIpc) is 2.63. The summed E-state index contributed by atoms with van der Waals surface area (Å²) in [6, 6.07) is 3.52. The van der Waals surface area contributed by atoms with E-state index in [-0.39, 0.29) is 11.8 Å². The number of thiocarbonyl (C=S) groups is 1. The number of nitrogens with one attached hydrogen (secondary N) is 1. The Hall–Kier alpha value is -1.60. The van der Waals surface area contributed by atoms with Gasteiger partial charge < -0.3 is 19.7 Å². The van der Waals surface area contributed by atoms with E-state index in [2.05, 4.69) is 33.1 Å². The third-order valence-electron chi connectivity index (χ3n) is 4.83. The first-order valence-electron chi connectivity index (χ1n) is 8.78. The average molecular weight is 439 g/mol. The van der Waals surface area contributed by atoms with E-state index in [0.717, 1.165) is 47.1 Å². The van der Waals surface area contributed by atoms with E-state index >= 15 is 0 Å². The zero-order valence-corrected chi connectivity index (χ0v) is 17.6. The highest BCUT2D eigenvalue weighted by molar-refractivity contribution is 9.10. The summed E-state index contributed by atoms with van der Waals surface area (Å²) in [6.07, 6.45) is 3.30. The topological polar surface area (TPSA) is 50.8 Å². The van der Waals surface area contributed by atoms with Gasteiger partial charge in [-0.05, 0) is 59.0 Å². The molecule has 26 heavy (non-hydrogen) atoms. The number of carbonyl (C=O) groups is 1. The van der Waals surface area contributed by atoms with Gasteiger partial charge in [0.25, 0.3) is 0 Å². The highest BCUT2D eigenvalue weighted by Gasteiger charge is 2.38. The minimum atomic E-state index is -0.285. The first-order valence-corrected chi connectivity index (χ1v) is 9.98. The van der Waals surface area contributed by atoms with Crippen LogP contribution >= 0.6 is 28.1 Å². The minimum absolute atomic E-state index is 0.189. The van der Waals surface area contributed by atoms with Crippen LogP contribution in [0.1, 0.15) is 44.2 Å². The van der Waals surface area contributed by atoms with Crippen LogP contribution in [0.4, 0.5) is 0 Å². The Balaban J connectivity index is 2.14. The van der Waals surface area contributed by atoms with Crippen molar-refractivity contribution in [3.8, 4) is 11.5 Å². The number of nitrogens with zero attached hydrogens (tertiary/aromatic N) is 1. The zero-order valence-electron chi connectivity index (χ0n) is 15.2. The molecule has 1 aliphatic carbocycles. The number of methoxy groups -OCH3 is 2. The summed E-state index contributed by atoms with van der Waals surface area (Å²) >= 11 is 9.26. The van der Waals surface area contributed by atoms with Gasteiger partial charge in [0.15, 0.2) is 22.4 Å². The van der Waals surface area contributed by atoms with Crippen LogP contribution in [0, 0.1) is 0 Å². The molecule has 1 N–H and O–H groups in total. The maximum Gasteiger partial charge on any atom is 0.175 e. The number of benzene rings is 1. The van der Waals surface area contributed by atoms with Crippen molar-refractivity contribution in [3.05, 3.63) is 33.4 Å². The maximum atomic E-state index is 12.8. The Morgan fingerprint density at radius 1 is 1.31 bits per heavy atom. The van der Waals surface area contributed by atoms with Crippen molar-refractivity contribution < 1.29 is 14.3 Å². The third-order valence-corrected chi connectivity index (χ3v) is 5.99. The Bertz CT molecular complexity index is 778. The summed E-state index contributed by atoms with van der Waals surface area (Å²) < 4.78 is 11.6. The van der Waals surface area contributed by atoms with Crippen molar-refractivity contribution in [1.82, 2.24) is 10.2 Å².